The Morgan fingerprint density at radius 2 is 2.25 bits per heavy atom. The van der Waals surface area contributed by atoms with Crippen LogP contribution in [0.15, 0.2) is 16.6 Å². The monoisotopic (exact) mass is 230 g/mol. The molecule has 0 atom stereocenters. The molecule has 0 aromatic heterocycles. The summed E-state index contributed by atoms with van der Waals surface area (Å²) >= 11 is 3.16. The Bertz CT molecular complexity index is 309. The highest BCUT2D eigenvalue weighted by molar-refractivity contribution is 9.10. The number of carbonyl (C=O) groups excluding carboxylic acids is 1. The van der Waals surface area contributed by atoms with Crippen molar-refractivity contribution in [1.82, 2.24) is 0 Å². The van der Waals surface area contributed by atoms with Crippen LogP contribution in [0.4, 0.5) is 0 Å². The molecule has 0 heterocycles. The minimum atomic E-state index is -0.0391. The number of aromatic hydroxyl groups is 1. The number of phenols is 1. The van der Waals surface area contributed by atoms with E-state index in [-0.39, 0.29) is 11.5 Å². The molecule has 0 saturated heterocycles. The number of hydrogen-bond acceptors (Lipinski definition) is 3. The van der Waals surface area contributed by atoms with Crippen LogP contribution < -0.4 is 4.74 Å². The zero-order chi connectivity index (χ0) is 9.14. The first-order valence-electron chi connectivity index (χ1n) is 3.21. The number of hydrogen-bond donors (Lipinski definition) is 1. The predicted molar refractivity (Wildman–Crippen MR) is 47.7 cm³/mol. The van der Waals surface area contributed by atoms with E-state index in [1.54, 1.807) is 6.07 Å². The molecule has 0 saturated carbocycles. The third kappa shape index (κ3) is 1.43. The number of aldehydes is 1. The van der Waals surface area contributed by atoms with Crippen molar-refractivity contribution in [2.45, 2.75) is 0 Å². The van der Waals surface area contributed by atoms with Gasteiger partial charge in [-0.15, -0.1) is 0 Å². The molecule has 1 aromatic carbocycles. The fourth-order valence-corrected chi connectivity index (χ4v) is 1.29. The van der Waals surface area contributed by atoms with Crippen LogP contribution in [0.3, 0.4) is 0 Å². The van der Waals surface area contributed by atoms with E-state index >= 15 is 0 Å². The molecule has 0 aliphatic rings. The normalized spacial score (nSPS) is 9.50. The molecule has 1 aromatic rings. The Kier molecular flexibility index (Phi) is 2.70. The number of methoxy groups -OCH3 is 1. The molecule has 0 spiro atoms. The Labute approximate surface area is 78.1 Å². The second-order valence-electron chi connectivity index (χ2n) is 2.13. The molecule has 0 amide bonds. The summed E-state index contributed by atoms with van der Waals surface area (Å²) < 4.78 is 5.44. The lowest BCUT2D eigenvalue weighted by atomic mass is 10.2. The maximum absolute atomic E-state index is 10.5. The van der Waals surface area contributed by atoms with Crippen molar-refractivity contribution < 1.29 is 14.6 Å². The Balaban J connectivity index is 3.38. The minimum Gasteiger partial charge on any atom is -0.504 e. The Morgan fingerprint density at radius 1 is 1.58 bits per heavy atom. The van der Waals surface area contributed by atoms with E-state index in [9.17, 15) is 9.90 Å². The van der Waals surface area contributed by atoms with Crippen LogP contribution in [0, 0.1) is 0 Å². The smallest absolute Gasteiger partial charge is 0.172 e. The third-order valence-electron chi connectivity index (χ3n) is 1.44. The summed E-state index contributed by atoms with van der Waals surface area (Å²) in [4.78, 5) is 10.5. The molecule has 0 radical (unpaired) electrons. The van der Waals surface area contributed by atoms with E-state index in [4.69, 9.17) is 4.74 Å². The molecule has 0 aliphatic carbocycles. The summed E-state index contributed by atoms with van der Waals surface area (Å²) in [6, 6.07) is 3.04. The van der Waals surface area contributed by atoms with Crippen molar-refractivity contribution in [3.63, 3.8) is 0 Å². The number of carbonyl (C=O) groups is 1. The number of halogens is 1. The summed E-state index contributed by atoms with van der Waals surface area (Å²) in [6.45, 7) is 0. The van der Waals surface area contributed by atoms with Crippen molar-refractivity contribution in [3.8, 4) is 11.5 Å². The lowest BCUT2D eigenvalue weighted by Gasteiger charge is -2.06. The predicted octanol–water partition coefficient (Wildman–Crippen LogP) is 1.98. The molecule has 12 heavy (non-hydrogen) atoms. The lowest BCUT2D eigenvalue weighted by Crippen LogP contribution is -1.91. The van der Waals surface area contributed by atoms with E-state index in [0.717, 1.165) is 0 Å². The van der Waals surface area contributed by atoms with E-state index in [1.165, 1.54) is 13.2 Å². The van der Waals surface area contributed by atoms with Gasteiger partial charge in [-0.2, -0.15) is 0 Å². The van der Waals surface area contributed by atoms with Crippen molar-refractivity contribution in [2.75, 3.05) is 7.11 Å². The van der Waals surface area contributed by atoms with Gasteiger partial charge in [-0.3, -0.25) is 4.79 Å². The van der Waals surface area contributed by atoms with Crippen molar-refractivity contribution >= 4 is 22.2 Å². The summed E-state index contributed by atoms with van der Waals surface area (Å²) in [5.74, 6) is 0.155. The molecule has 0 bridgehead atoms. The fourth-order valence-electron chi connectivity index (χ4n) is 0.888. The van der Waals surface area contributed by atoms with Gasteiger partial charge in [0.25, 0.3) is 0 Å². The number of phenolic OH excluding ortho intramolecular Hbond substituents is 1. The maximum atomic E-state index is 10.5. The first-order valence-corrected chi connectivity index (χ1v) is 4.00. The molecule has 64 valence electrons. The second-order valence-corrected chi connectivity index (χ2v) is 2.99. The highest BCUT2D eigenvalue weighted by Crippen LogP contribution is 2.33. The fraction of sp³-hybridized carbons (Fsp3) is 0.125. The van der Waals surface area contributed by atoms with Crippen LogP contribution >= 0.6 is 15.9 Å². The van der Waals surface area contributed by atoms with Crippen molar-refractivity contribution in [1.29, 1.82) is 0 Å². The highest BCUT2D eigenvalue weighted by Gasteiger charge is 2.10. The Hall–Kier alpha value is -1.03. The van der Waals surface area contributed by atoms with Gasteiger partial charge in [0.15, 0.2) is 17.8 Å². The van der Waals surface area contributed by atoms with Crippen molar-refractivity contribution in [3.05, 3.63) is 22.2 Å². The minimum absolute atomic E-state index is 0.0391. The van der Waals surface area contributed by atoms with Gasteiger partial charge in [-0.1, -0.05) is 0 Å². The van der Waals surface area contributed by atoms with Gasteiger partial charge in [0.1, 0.15) is 0 Å². The molecular weight excluding hydrogens is 224 g/mol. The van der Waals surface area contributed by atoms with Crippen LogP contribution in [0.2, 0.25) is 0 Å². The summed E-state index contributed by atoms with van der Waals surface area (Å²) in [7, 11) is 1.40. The van der Waals surface area contributed by atoms with E-state index in [2.05, 4.69) is 15.9 Å². The zero-order valence-corrected chi connectivity index (χ0v) is 7.96. The molecule has 4 heteroatoms. The molecule has 1 N–H and O–H groups in total. The van der Waals surface area contributed by atoms with Gasteiger partial charge in [-0.25, -0.2) is 0 Å². The largest absolute Gasteiger partial charge is 0.504 e. The SMILES string of the molecule is COc1c(O)ccc(Br)c1C=O. The van der Waals surface area contributed by atoms with E-state index < -0.39 is 0 Å². The van der Waals surface area contributed by atoms with Crippen LogP contribution in [0.25, 0.3) is 0 Å². The number of ether oxygens (including phenoxy) is 1. The average Bonchev–Trinajstić information content (AvgIpc) is 2.08. The van der Waals surface area contributed by atoms with E-state index in [0.29, 0.717) is 16.3 Å². The maximum Gasteiger partial charge on any atom is 0.172 e. The first kappa shape index (κ1) is 9.06. The number of benzene rings is 1. The Morgan fingerprint density at radius 3 is 2.67 bits per heavy atom. The van der Waals surface area contributed by atoms with Gasteiger partial charge in [0, 0.05) is 4.47 Å². The molecule has 0 aliphatic heterocycles. The summed E-state index contributed by atoms with van der Waals surface area (Å²) in [5, 5.41) is 9.24. The summed E-state index contributed by atoms with van der Waals surface area (Å²) in [6.07, 6.45) is 0.628. The molecule has 0 fully saturated rings. The molecule has 3 nitrogen and oxygen atoms in total. The quantitative estimate of drug-likeness (QED) is 0.791. The summed E-state index contributed by atoms with van der Waals surface area (Å²) in [5.41, 5.74) is 0.317. The van der Waals surface area contributed by atoms with Gasteiger partial charge in [0.2, 0.25) is 0 Å². The second kappa shape index (κ2) is 3.58. The average molecular weight is 231 g/mol. The first-order chi connectivity index (χ1) is 5.70. The standard InChI is InChI=1S/C8H7BrO3/c1-12-8-5(4-10)6(9)2-3-7(8)11/h2-4,11H,1H3. The zero-order valence-electron chi connectivity index (χ0n) is 6.37. The lowest BCUT2D eigenvalue weighted by molar-refractivity contribution is 0.111. The van der Waals surface area contributed by atoms with Crippen LogP contribution in [-0.2, 0) is 0 Å². The van der Waals surface area contributed by atoms with Gasteiger partial charge >= 0.3 is 0 Å². The molecule has 0 unspecified atom stereocenters. The molecule has 1 rings (SSSR count). The topological polar surface area (TPSA) is 46.5 Å². The molecular formula is C8H7BrO3. The number of rotatable bonds is 2. The van der Waals surface area contributed by atoms with Crippen molar-refractivity contribution in [2.24, 2.45) is 0 Å². The van der Waals surface area contributed by atoms with Gasteiger partial charge in [-0.05, 0) is 28.1 Å². The van der Waals surface area contributed by atoms with Gasteiger partial charge < -0.3 is 9.84 Å². The van der Waals surface area contributed by atoms with Crippen LogP contribution in [-0.4, -0.2) is 18.5 Å². The van der Waals surface area contributed by atoms with Gasteiger partial charge in [0.05, 0.1) is 12.7 Å². The van der Waals surface area contributed by atoms with E-state index in [1.807, 2.05) is 0 Å². The van der Waals surface area contributed by atoms with Crippen LogP contribution in [0.1, 0.15) is 10.4 Å². The third-order valence-corrected chi connectivity index (χ3v) is 2.14. The highest BCUT2D eigenvalue weighted by atomic mass is 79.9. The van der Waals surface area contributed by atoms with Crippen LogP contribution in [0.5, 0.6) is 11.5 Å².